The van der Waals surface area contributed by atoms with Gasteiger partial charge in [0, 0.05) is 43.4 Å². The van der Waals surface area contributed by atoms with Crippen molar-refractivity contribution in [2.75, 3.05) is 0 Å². The molecule has 4 unspecified atom stereocenters. The van der Waals surface area contributed by atoms with Gasteiger partial charge in [0.05, 0.1) is 24.4 Å². The van der Waals surface area contributed by atoms with Crippen LogP contribution in [0.4, 0.5) is 0 Å². The van der Waals surface area contributed by atoms with Crippen LogP contribution in [0.25, 0.3) is 0 Å². The summed E-state index contributed by atoms with van der Waals surface area (Å²) >= 11 is 0. The fraction of sp³-hybridized carbons (Fsp3) is 1.00. The Labute approximate surface area is 168 Å². The Morgan fingerprint density at radius 2 is 0.500 bits per heavy atom. The maximum absolute atomic E-state index is 8.36. The fourth-order valence-corrected chi connectivity index (χ4v) is 0. The number of hydrogen-bond donors (Lipinski definition) is 4. The molecule has 0 aliphatic carbocycles. The quantitative estimate of drug-likeness (QED) is 0.555. The van der Waals surface area contributed by atoms with E-state index in [2.05, 4.69) is 0 Å². The number of aliphatic hydroxyl groups excluding tert-OH is 4. The van der Waals surface area contributed by atoms with E-state index in [9.17, 15) is 0 Å². The summed E-state index contributed by atoms with van der Waals surface area (Å²) in [6, 6.07) is 0. The molecule has 0 spiro atoms. The molecule has 0 heterocycles. The number of rotatable bonds is 4. The van der Waals surface area contributed by atoms with Gasteiger partial charge in [-0.15, -0.1) is 0 Å². The summed E-state index contributed by atoms with van der Waals surface area (Å²) < 4.78 is 0. The molecular weight excluding hydrogens is 352 g/mol. The van der Waals surface area contributed by atoms with Gasteiger partial charge in [0.15, 0.2) is 0 Å². The third-order valence-electron chi connectivity index (χ3n) is 2.36. The van der Waals surface area contributed by atoms with Crippen LogP contribution in [0, 0.1) is 0 Å². The summed E-state index contributed by atoms with van der Waals surface area (Å²) in [7, 11) is 0. The van der Waals surface area contributed by atoms with Gasteiger partial charge in [0.1, 0.15) is 0 Å². The molecule has 0 radical (unpaired) electrons. The van der Waals surface area contributed by atoms with Crippen molar-refractivity contribution in [3.05, 3.63) is 0 Å². The van der Waals surface area contributed by atoms with E-state index in [4.69, 9.17) is 20.4 Å². The molecule has 0 aromatic carbocycles. The van der Waals surface area contributed by atoms with Gasteiger partial charge < -0.3 is 20.4 Å². The van der Waals surface area contributed by atoms with Crippen molar-refractivity contribution in [1.29, 1.82) is 0 Å². The molecule has 0 saturated carbocycles. The standard InChI is InChI=1S/4C4H10O.2Ti/c4*1-3-4(2)5;;/h4*4-5H,3H2,1-2H3;;. The monoisotopic (exact) mass is 392 g/mol. The van der Waals surface area contributed by atoms with Crippen LogP contribution in [-0.4, -0.2) is 44.8 Å². The summed E-state index contributed by atoms with van der Waals surface area (Å²) in [5, 5.41) is 33.4. The molecule has 0 aliphatic rings. The zero-order valence-corrected chi connectivity index (χ0v) is 19.0. The Morgan fingerprint density at radius 1 is 0.455 bits per heavy atom. The van der Waals surface area contributed by atoms with Crippen LogP contribution in [0.3, 0.4) is 0 Å². The first-order chi connectivity index (χ1) is 9.08. The second-order valence-electron chi connectivity index (χ2n) is 5.03. The molecule has 4 atom stereocenters. The Hall–Kier alpha value is 1.27. The molecule has 136 valence electrons. The van der Waals surface area contributed by atoms with Crippen molar-refractivity contribution in [1.82, 2.24) is 0 Å². The summed E-state index contributed by atoms with van der Waals surface area (Å²) in [5.74, 6) is 0. The summed E-state index contributed by atoms with van der Waals surface area (Å²) in [6.07, 6.45) is 2.98. The van der Waals surface area contributed by atoms with Crippen LogP contribution in [0.2, 0.25) is 0 Å². The second-order valence-corrected chi connectivity index (χ2v) is 5.03. The third kappa shape index (κ3) is 102. The predicted molar refractivity (Wildman–Crippen MR) is 87.9 cm³/mol. The first-order valence-corrected chi connectivity index (χ1v) is 7.80. The van der Waals surface area contributed by atoms with Gasteiger partial charge in [-0.1, -0.05) is 27.7 Å². The van der Waals surface area contributed by atoms with Gasteiger partial charge in [-0.25, -0.2) is 0 Å². The van der Waals surface area contributed by atoms with Crippen molar-refractivity contribution in [3.8, 4) is 0 Å². The van der Waals surface area contributed by atoms with Crippen molar-refractivity contribution in [2.45, 2.75) is 105 Å². The fourth-order valence-electron chi connectivity index (χ4n) is 0. The SMILES string of the molecule is CCC(C)O.CCC(C)O.CCC(C)O.CCC(C)O.[Ti].[Ti]. The minimum Gasteiger partial charge on any atom is -0.393 e. The summed E-state index contributed by atoms with van der Waals surface area (Å²) in [5.41, 5.74) is 0. The van der Waals surface area contributed by atoms with Gasteiger partial charge >= 0.3 is 0 Å². The zero-order chi connectivity index (χ0) is 17.1. The molecule has 0 aromatic rings. The van der Waals surface area contributed by atoms with Crippen molar-refractivity contribution in [3.63, 3.8) is 0 Å². The molecule has 22 heavy (non-hydrogen) atoms. The van der Waals surface area contributed by atoms with Crippen LogP contribution in [0.5, 0.6) is 0 Å². The summed E-state index contributed by atoms with van der Waals surface area (Å²) in [4.78, 5) is 0. The Morgan fingerprint density at radius 3 is 0.500 bits per heavy atom. The Kier molecular flexibility index (Phi) is 59.4. The van der Waals surface area contributed by atoms with Crippen LogP contribution < -0.4 is 0 Å². The van der Waals surface area contributed by atoms with E-state index in [-0.39, 0.29) is 67.9 Å². The Bertz CT molecular complexity index is 112. The maximum Gasteiger partial charge on any atom is 0.0509 e. The average molecular weight is 392 g/mol. The minimum atomic E-state index is -0.116. The number of hydrogen-bond acceptors (Lipinski definition) is 4. The maximum atomic E-state index is 8.36. The van der Waals surface area contributed by atoms with Gasteiger partial charge in [-0.3, -0.25) is 0 Å². The molecule has 0 bridgehead atoms. The largest absolute Gasteiger partial charge is 0.393 e. The van der Waals surface area contributed by atoms with E-state index >= 15 is 0 Å². The van der Waals surface area contributed by atoms with Gasteiger partial charge in [-0.2, -0.15) is 0 Å². The first-order valence-electron chi connectivity index (χ1n) is 7.80. The first kappa shape index (κ1) is 38.7. The molecule has 0 saturated heterocycles. The average Bonchev–Trinajstić information content (AvgIpc) is 2.40. The number of aliphatic hydroxyl groups is 4. The molecule has 4 N–H and O–H groups in total. The summed E-state index contributed by atoms with van der Waals surface area (Å²) in [6.45, 7) is 14.9. The van der Waals surface area contributed by atoms with Crippen LogP contribution in [0.1, 0.15) is 81.1 Å². The van der Waals surface area contributed by atoms with Gasteiger partial charge in [-0.05, 0) is 53.4 Å². The van der Waals surface area contributed by atoms with Gasteiger partial charge in [0.25, 0.3) is 0 Å². The van der Waals surface area contributed by atoms with Crippen LogP contribution >= 0.6 is 0 Å². The normalized spacial score (nSPS) is 13.6. The van der Waals surface area contributed by atoms with Crippen molar-refractivity contribution in [2.24, 2.45) is 0 Å². The molecule has 6 heteroatoms. The van der Waals surface area contributed by atoms with Crippen molar-refractivity contribution < 1.29 is 63.9 Å². The predicted octanol–water partition coefficient (Wildman–Crippen LogP) is 3.10. The molecular formula is C16H40O4Ti2. The third-order valence-corrected chi connectivity index (χ3v) is 2.36. The molecule has 4 nitrogen and oxygen atoms in total. The van der Waals surface area contributed by atoms with E-state index in [0.29, 0.717) is 0 Å². The Balaban J connectivity index is -0.0000000376. The van der Waals surface area contributed by atoms with E-state index in [1.807, 2.05) is 27.7 Å². The zero-order valence-electron chi connectivity index (χ0n) is 15.9. The van der Waals surface area contributed by atoms with E-state index in [0.717, 1.165) is 25.7 Å². The van der Waals surface area contributed by atoms with E-state index in [1.165, 1.54) is 0 Å². The smallest absolute Gasteiger partial charge is 0.0509 e. The van der Waals surface area contributed by atoms with Crippen LogP contribution in [-0.2, 0) is 43.4 Å². The molecule has 0 fully saturated rings. The van der Waals surface area contributed by atoms with Crippen LogP contribution in [0.15, 0.2) is 0 Å². The van der Waals surface area contributed by atoms with E-state index < -0.39 is 0 Å². The molecule has 0 rings (SSSR count). The van der Waals surface area contributed by atoms with Gasteiger partial charge in [0.2, 0.25) is 0 Å². The van der Waals surface area contributed by atoms with Crippen molar-refractivity contribution >= 4 is 0 Å². The molecule has 0 aromatic heterocycles. The second kappa shape index (κ2) is 33.8. The minimum absolute atomic E-state index is 0. The molecule has 0 aliphatic heterocycles. The molecule has 0 amide bonds. The topological polar surface area (TPSA) is 80.9 Å². The van der Waals surface area contributed by atoms with E-state index in [1.54, 1.807) is 27.7 Å².